The average molecular weight is 488 g/mol. The van der Waals surface area contributed by atoms with Gasteiger partial charge in [0.2, 0.25) is 0 Å². The molecule has 1 amide bonds. The third-order valence-corrected chi connectivity index (χ3v) is 5.93. The molecule has 1 aliphatic rings. The van der Waals surface area contributed by atoms with Crippen molar-refractivity contribution >= 4 is 44.1 Å². The van der Waals surface area contributed by atoms with Crippen LogP contribution in [-0.4, -0.2) is 25.1 Å². The first kappa shape index (κ1) is 20.4. The first-order valence-electron chi connectivity index (χ1n) is 9.30. The Morgan fingerprint density at radius 3 is 2.63 bits per heavy atom. The second-order valence-electron chi connectivity index (χ2n) is 6.44. The summed E-state index contributed by atoms with van der Waals surface area (Å²) in [5.41, 5.74) is 1.40. The fourth-order valence-electron chi connectivity index (χ4n) is 3.06. The zero-order chi connectivity index (χ0) is 21.1. The summed E-state index contributed by atoms with van der Waals surface area (Å²) in [6.07, 6.45) is -0.492. The highest BCUT2D eigenvalue weighted by Gasteiger charge is 2.31. The topological polar surface area (TPSA) is 73.9 Å². The van der Waals surface area contributed by atoms with Gasteiger partial charge in [-0.2, -0.15) is 0 Å². The molecule has 8 heteroatoms. The van der Waals surface area contributed by atoms with Gasteiger partial charge in [-0.05, 0) is 43.3 Å². The number of hydrogen-bond acceptors (Lipinski definition) is 6. The molecule has 0 fully saturated rings. The predicted octanol–water partition coefficient (Wildman–Crippen LogP) is 5.45. The fourth-order valence-corrected chi connectivity index (χ4v) is 4.31. The minimum Gasteiger partial charge on any atom is -0.485 e. The molecule has 0 spiro atoms. The Kier molecular flexibility index (Phi) is 6.06. The van der Waals surface area contributed by atoms with E-state index in [1.807, 2.05) is 24.3 Å². The average Bonchev–Trinajstić information content (AvgIpc) is 3.17. The maximum atomic E-state index is 12.7. The molecule has 2 heterocycles. The van der Waals surface area contributed by atoms with Crippen LogP contribution < -0.4 is 14.8 Å². The van der Waals surface area contributed by atoms with Gasteiger partial charge < -0.3 is 19.5 Å². The largest absolute Gasteiger partial charge is 0.485 e. The number of halogens is 1. The Bertz CT molecular complexity index is 1080. The van der Waals surface area contributed by atoms with E-state index in [4.69, 9.17) is 14.2 Å². The molecule has 1 N–H and O–H groups in total. The summed E-state index contributed by atoms with van der Waals surface area (Å²) in [5.74, 6) is 0.440. The monoisotopic (exact) mass is 487 g/mol. The Labute approximate surface area is 185 Å². The first-order chi connectivity index (χ1) is 14.6. The van der Waals surface area contributed by atoms with Gasteiger partial charge in [0.05, 0.1) is 6.61 Å². The number of carbonyl (C=O) groups excluding carboxylic acids is 2. The standard InChI is InChI=1S/C22H18BrNO5S/c1-2-27-22(26)19-15(18-11-28-16-5-3-4-6-17(16)29-18)12-30-21(19)24-20(25)13-7-9-14(23)10-8-13/h3-10,12,18H,2,11H2,1H3,(H,24,25)/t18-/m1/s1. The number of thiophene rings is 1. The van der Waals surface area contributed by atoms with Crippen LogP contribution in [0.25, 0.3) is 0 Å². The minimum absolute atomic E-state index is 0.221. The highest BCUT2D eigenvalue weighted by atomic mass is 79.9. The van der Waals surface area contributed by atoms with Gasteiger partial charge >= 0.3 is 5.97 Å². The van der Waals surface area contributed by atoms with Crippen molar-refractivity contribution in [1.29, 1.82) is 0 Å². The van der Waals surface area contributed by atoms with E-state index in [1.165, 1.54) is 11.3 Å². The van der Waals surface area contributed by atoms with E-state index in [0.29, 0.717) is 33.2 Å². The van der Waals surface area contributed by atoms with Crippen LogP contribution in [0.15, 0.2) is 58.4 Å². The summed E-state index contributed by atoms with van der Waals surface area (Å²) in [6, 6.07) is 14.3. The van der Waals surface area contributed by atoms with E-state index >= 15 is 0 Å². The van der Waals surface area contributed by atoms with E-state index in [0.717, 1.165) is 4.47 Å². The molecule has 4 rings (SSSR count). The lowest BCUT2D eigenvalue weighted by atomic mass is 10.1. The molecule has 0 unspecified atom stereocenters. The lowest BCUT2D eigenvalue weighted by Crippen LogP contribution is -2.24. The number of rotatable bonds is 5. The Morgan fingerprint density at radius 2 is 1.90 bits per heavy atom. The number of para-hydroxylation sites is 2. The Morgan fingerprint density at radius 1 is 1.17 bits per heavy atom. The van der Waals surface area contributed by atoms with Crippen molar-refractivity contribution in [2.24, 2.45) is 0 Å². The van der Waals surface area contributed by atoms with Crippen LogP contribution in [-0.2, 0) is 4.74 Å². The molecule has 30 heavy (non-hydrogen) atoms. The number of anilines is 1. The molecular formula is C22H18BrNO5S. The summed E-state index contributed by atoms with van der Waals surface area (Å²) in [5, 5.41) is 5.04. The number of fused-ring (bicyclic) bond motifs is 1. The summed E-state index contributed by atoms with van der Waals surface area (Å²) in [4.78, 5) is 25.4. The quantitative estimate of drug-likeness (QED) is 0.484. The molecule has 0 saturated carbocycles. The van der Waals surface area contributed by atoms with Gasteiger partial charge in [0.1, 0.15) is 17.2 Å². The molecule has 154 valence electrons. The number of amides is 1. The van der Waals surface area contributed by atoms with Crippen LogP contribution in [0.4, 0.5) is 5.00 Å². The second-order valence-corrected chi connectivity index (χ2v) is 8.24. The van der Waals surface area contributed by atoms with Crippen molar-refractivity contribution < 1.29 is 23.8 Å². The lowest BCUT2D eigenvalue weighted by Gasteiger charge is -2.26. The molecule has 0 saturated heterocycles. The molecule has 2 aromatic carbocycles. The van der Waals surface area contributed by atoms with Crippen LogP contribution in [0, 0.1) is 0 Å². The van der Waals surface area contributed by atoms with Crippen LogP contribution in [0.3, 0.4) is 0 Å². The molecule has 6 nitrogen and oxygen atoms in total. The van der Waals surface area contributed by atoms with E-state index in [1.54, 1.807) is 36.6 Å². The van der Waals surface area contributed by atoms with Gasteiger partial charge in [-0.25, -0.2) is 4.79 Å². The zero-order valence-corrected chi connectivity index (χ0v) is 18.4. The normalized spacial score (nSPS) is 14.8. The number of hydrogen-bond donors (Lipinski definition) is 1. The Hall–Kier alpha value is -2.84. The van der Waals surface area contributed by atoms with Crippen LogP contribution in [0.1, 0.15) is 39.3 Å². The molecule has 0 radical (unpaired) electrons. The van der Waals surface area contributed by atoms with Gasteiger partial charge in [0, 0.05) is 21.0 Å². The number of carbonyl (C=O) groups is 2. The third-order valence-electron chi connectivity index (χ3n) is 4.49. The molecular weight excluding hydrogens is 470 g/mol. The van der Waals surface area contributed by atoms with Gasteiger partial charge in [-0.15, -0.1) is 11.3 Å². The number of nitrogens with one attached hydrogen (secondary N) is 1. The third kappa shape index (κ3) is 4.20. The molecule has 0 bridgehead atoms. The summed E-state index contributed by atoms with van der Waals surface area (Å²) in [6.45, 7) is 2.21. The summed E-state index contributed by atoms with van der Waals surface area (Å²) < 4.78 is 18.0. The highest BCUT2D eigenvalue weighted by Crippen LogP contribution is 2.40. The summed E-state index contributed by atoms with van der Waals surface area (Å²) in [7, 11) is 0. The van der Waals surface area contributed by atoms with Crippen molar-refractivity contribution in [3.05, 3.63) is 75.1 Å². The van der Waals surface area contributed by atoms with Gasteiger partial charge in [0.25, 0.3) is 5.91 Å². The van der Waals surface area contributed by atoms with Crippen LogP contribution >= 0.6 is 27.3 Å². The van der Waals surface area contributed by atoms with E-state index < -0.39 is 12.1 Å². The van der Waals surface area contributed by atoms with Crippen molar-refractivity contribution in [2.45, 2.75) is 13.0 Å². The predicted molar refractivity (Wildman–Crippen MR) is 118 cm³/mol. The van der Waals surface area contributed by atoms with Crippen molar-refractivity contribution in [1.82, 2.24) is 0 Å². The zero-order valence-electron chi connectivity index (χ0n) is 16.0. The maximum absolute atomic E-state index is 12.7. The smallest absolute Gasteiger partial charge is 0.341 e. The summed E-state index contributed by atoms with van der Waals surface area (Å²) >= 11 is 4.61. The number of esters is 1. The van der Waals surface area contributed by atoms with Crippen LogP contribution in [0.2, 0.25) is 0 Å². The van der Waals surface area contributed by atoms with Gasteiger partial charge in [-0.1, -0.05) is 28.1 Å². The molecule has 1 aliphatic heterocycles. The van der Waals surface area contributed by atoms with E-state index in [9.17, 15) is 9.59 Å². The first-order valence-corrected chi connectivity index (χ1v) is 11.0. The highest BCUT2D eigenvalue weighted by molar-refractivity contribution is 9.10. The van der Waals surface area contributed by atoms with Crippen molar-refractivity contribution in [3.8, 4) is 11.5 Å². The second kappa shape index (κ2) is 8.89. The molecule has 1 atom stereocenters. The minimum atomic E-state index is -0.512. The molecule has 3 aromatic rings. The van der Waals surface area contributed by atoms with E-state index in [2.05, 4.69) is 21.2 Å². The van der Waals surface area contributed by atoms with Gasteiger partial charge in [0.15, 0.2) is 17.6 Å². The Balaban J connectivity index is 1.64. The SMILES string of the molecule is CCOC(=O)c1c([C@H]2COc3ccccc3O2)csc1NC(=O)c1ccc(Br)cc1. The van der Waals surface area contributed by atoms with E-state index in [-0.39, 0.29) is 19.1 Å². The molecule has 0 aliphatic carbocycles. The van der Waals surface area contributed by atoms with Crippen molar-refractivity contribution in [3.63, 3.8) is 0 Å². The fraction of sp³-hybridized carbons (Fsp3) is 0.182. The maximum Gasteiger partial charge on any atom is 0.341 e. The number of ether oxygens (including phenoxy) is 3. The van der Waals surface area contributed by atoms with Gasteiger partial charge in [-0.3, -0.25) is 4.79 Å². The number of benzene rings is 2. The van der Waals surface area contributed by atoms with Crippen molar-refractivity contribution in [2.75, 3.05) is 18.5 Å². The van der Waals surface area contributed by atoms with Crippen LogP contribution in [0.5, 0.6) is 11.5 Å². The molecule has 1 aromatic heterocycles. The lowest BCUT2D eigenvalue weighted by molar-refractivity contribution is 0.0513.